The number of rotatable bonds is 5. The second-order valence-electron chi connectivity index (χ2n) is 22.6. The quantitative estimate of drug-likeness (QED) is 0.172. The zero-order chi connectivity index (χ0) is 58.2. The van der Waals surface area contributed by atoms with Gasteiger partial charge in [0.25, 0.3) is 0 Å². The molecule has 0 atom stereocenters. The number of fused-ring (bicyclic) bond motifs is 3. The summed E-state index contributed by atoms with van der Waals surface area (Å²) in [6.45, 7) is 32.1. The number of pyridine rings is 1. The van der Waals surface area contributed by atoms with Gasteiger partial charge in [-0.05, 0) is 178 Å². The molecule has 0 aliphatic carbocycles. The van der Waals surface area contributed by atoms with Gasteiger partial charge < -0.3 is 14.4 Å². The van der Waals surface area contributed by atoms with Gasteiger partial charge in [-0.2, -0.15) is 0 Å². The average molecular weight is 1050 g/mol. The van der Waals surface area contributed by atoms with E-state index in [0.29, 0.717) is 11.3 Å². The highest BCUT2D eigenvalue weighted by Gasteiger charge is 2.10. The first-order chi connectivity index (χ1) is 37.4. The summed E-state index contributed by atoms with van der Waals surface area (Å²) in [7, 11) is 7.58. The number of anilines is 1. The third-order valence-electron chi connectivity index (χ3n) is 13.0. The van der Waals surface area contributed by atoms with Crippen molar-refractivity contribution in [2.24, 2.45) is 5.41 Å². The van der Waals surface area contributed by atoms with Gasteiger partial charge in [0.1, 0.15) is 11.5 Å². The Labute approximate surface area is 477 Å². The van der Waals surface area contributed by atoms with Crippen LogP contribution in [0.2, 0.25) is 0 Å². The summed E-state index contributed by atoms with van der Waals surface area (Å²) >= 11 is 0. The second-order valence-corrected chi connectivity index (χ2v) is 22.6. The van der Waals surface area contributed by atoms with E-state index >= 15 is 0 Å². The lowest BCUT2D eigenvalue weighted by molar-refractivity contribution is 0.411. The number of ether oxygens (including phenoxy) is 2. The molecule has 0 N–H and O–H groups in total. The van der Waals surface area contributed by atoms with Gasteiger partial charge in [0.2, 0.25) is 0 Å². The monoisotopic (exact) mass is 1050 g/mol. The number of benzene rings is 9. The number of aryl methyl sites for hydroxylation is 10. The van der Waals surface area contributed by atoms with E-state index < -0.39 is 0 Å². The van der Waals surface area contributed by atoms with Crippen LogP contribution in [0.3, 0.4) is 0 Å². The zero-order valence-corrected chi connectivity index (χ0v) is 51.5. The van der Waals surface area contributed by atoms with Crippen LogP contribution in [-0.4, -0.2) is 33.3 Å². The van der Waals surface area contributed by atoms with Crippen LogP contribution in [0, 0.1) is 74.7 Å². The first kappa shape index (κ1) is 63.8. The van der Waals surface area contributed by atoms with Crippen molar-refractivity contribution in [2.45, 2.75) is 116 Å². The molecule has 1 heterocycles. The number of aromatic nitrogens is 1. The minimum atomic E-state index is 0.398. The van der Waals surface area contributed by atoms with Crippen molar-refractivity contribution >= 4 is 38.0 Å². The molecular weight excluding hydrogens is 961 g/mol. The molecule has 0 unspecified atom stereocenters. The maximum absolute atomic E-state index is 5.31. The van der Waals surface area contributed by atoms with Crippen molar-refractivity contribution in [1.82, 2.24) is 4.98 Å². The summed E-state index contributed by atoms with van der Waals surface area (Å²) in [4.78, 5) is 6.40. The lowest BCUT2D eigenvalue weighted by atomic mass is 9.88. The molecule has 0 saturated carbocycles. The normalized spacial score (nSPS) is 10.4. The van der Waals surface area contributed by atoms with Crippen molar-refractivity contribution in [3.63, 3.8) is 0 Å². The highest BCUT2D eigenvalue weighted by molar-refractivity contribution is 5.95. The van der Waals surface area contributed by atoms with Crippen molar-refractivity contribution in [3.8, 4) is 11.5 Å². The van der Waals surface area contributed by atoms with Gasteiger partial charge >= 0.3 is 0 Å². The Morgan fingerprint density at radius 3 is 1.27 bits per heavy atom. The number of hydrogen-bond acceptors (Lipinski definition) is 4. The Balaban J connectivity index is 0.000000200. The maximum atomic E-state index is 5.31. The summed E-state index contributed by atoms with van der Waals surface area (Å²) in [5.74, 6) is 2.53. The molecule has 0 radical (unpaired) electrons. The topological polar surface area (TPSA) is 34.6 Å². The molecule has 0 saturated heterocycles. The highest BCUT2D eigenvalue weighted by atomic mass is 16.5. The Bertz CT molecular complexity index is 3320. The molecule has 79 heavy (non-hydrogen) atoms. The predicted octanol–water partition coefficient (Wildman–Crippen LogP) is 20.5. The van der Waals surface area contributed by atoms with E-state index in [4.69, 9.17) is 9.47 Å². The molecule has 10 aromatic rings. The Kier molecular flexibility index (Phi) is 25.6. The van der Waals surface area contributed by atoms with Crippen LogP contribution in [0.5, 0.6) is 11.5 Å². The van der Waals surface area contributed by atoms with Crippen molar-refractivity contribution in [3.05, 3.63) is 261 Å². The third kappa shape index (κ3) is 22.7. The Morgan fingerprint density at radius 2 is 0.823 bits per heavy atom. The van der Waals surface area contributed by atoms with Crippen molar-refractivity contribution in [2.75, 3.05) is 33.2 Å². The first-order valence-electron chi connectivity index (χ1n) is 27.8. The standard InChI is InChI=1S/C13H15N.2C12H12O.C12H18.C10H14.C8H11N.C8H10/c1-10-8-11-6-4-5-7-12(11)13(9-10)14(2)3;1-9-7-11(13-2)8-10-5-3-4-6-12(9)10;1-9-7-10-5-3-4-6-11(10)12(8-9)13-2;1-10-5-7-11(8-6-10)9-12(2,3)4;1-8(2)10-6-4-9(3)5-7-10;1-6-4-7(2)9-8(3)5-6;1-7-3-5-8(2)6-4-7/h4-9H,1-3H3;2*3-8H,1-2H3;5-8H,9H2,1-4H3;4-8H,1-3H3;4-5H,1-3H3;3-6H,1-2H3. The Morgan fingerprint density at radius 1 is 0.418 bits per heavy atom. The summed E-state index contributed by atoms with van der Waals surface area (Å²) in [6.07, 6.45) is 1.16. The largest absolute Gasteiger partial charge is 0.497 e. The molecule has 9 aromatic carbocycles. The van der Waals surface area contributed by atoms with Crippen LogP contribution >= 0.6 is 0 Å². The van der Waals surface area contributed by atoms with Gasteiger partial charge in [-0.3, -0.25) is 4.98 Å². The summed E-state index contributed by atoms with van der Waals surface area (Å²) in [5, 5.41) is 7.58. The lowest BCUT2D eigenvalue weighted by Crippen LogP contribution is -2.09. The third-order valence-corrected chi connectivity index (χ3v) is 13.0. The molecule has 0 spiro atoms. The van der Waals surface area contributed by atoms with Gasteiger partial charge in [0.05, 0.1) is 14.2 Å². The van der Waals surface area contributed by atoms with E-state index in [0.717, 1.165) is 29.3 Å². The van der Waals surface area contributed by atoms with Crippen LogP contribution in [0.25, 0.3) is 32.3 Å². The molecule has 1 aromatic heterocycles. The van der Waals surface area contributed by atoms with Gasteiger partial charge in [0, 0.05) is 41.9 Å². The fourth-order valence-electron chi connectivity index (χ4n) is 8.93. The molecule has 0 fully saturated rings. The van der Waals surface area contributed by atoms with Gasteiger partial charge in [-0.25, -0.2) is 0 Å². The number of hydrogen-bond donors (Lipinski definition) is 0. The van der Waals surface area contributed by atoms with E-state index in [2.05, 4.69) is 290 Å². The molecule has 4 nitrogen and oxygen atoms in total. The highest BCUT2D eigenvalue weighted by Crippen LogP contribution is 2.29. The van der Waals surface area contributed by atoms with Crippen molar-refractivity contribution in [1.29, 1.82) is 0 Å². The molecule has 414 valence electrons. The minimum Gasteiger partial charge on any atom is -0.497 e. The Hall–Kier alpha value is -7.69. The number of nitrogens with zero attached hydrogens (tertiary/aromatic N) is 2. The number of methoxy groups -OCH3 is 2. The second kappa shape index (κ2) is 31.6. The van der Waals surface area contributed by atoms with Crippen LogP contribution in [-0.2, 0) is 6.42 Å². The van der Waals surface area contributed by atoms with E-state index in [-0.39, 0.29) is 0 Å². The van der Waals surface area contributed by atoms with Crippen LogP contribution in [0.4, 0.5) is 5.69 Å². The first-order valence-corrected chi connectivity index (χ1v) is 27.8. The van der Waals surface area contributed by atoms with Gasteiger partial charge in [-0.15, -0.1) is 0 Å². The lowest BCUT2D eigenvalue weighted by Gasteiger charge is -2.17. The summed E-state index contributed by atoms with van der Waals surface area (Å²) in [5.41, 5.74) is 17.2. The summed E-state index contributed by atoms with van der Waals surface area (Å²) in [6, 6.07) is 68.0. The van der Waals surface area contributed by atoms with Crippen LogP contribution in [0.1, 0.15) is 108 Å². The molecule has 0 aliphatic heterocycles. The molecule has 0 aliphatic rings. The fourth-order valence-corrected chi connectivity index (χ4v) is 8.93. The smallest absolute Gasteiger partial charge is 0.126 e. The van der Waals surface area contributed by atoms with E-state index in [1.165, 1.54) is 93.6 Å². The van der Waals surface area contributed by atoms with Crippen molar-refractivity contribution < 1.29 is 9.47 Å². The van der Waals surface area contributed by atoms with Gasteiger partial charge in [0.15, 0.2) is 0 Å². The molecule has 0 amide bonds. The fraction of sp³-hybridized carbons (Fsp3) is 0.293. The van der Waals surface area contributed by atoms with E-state index in [1.807, 2.05) is 32.0 Å². The maximum Gasteiger partial charge on any atom is 0.126 e. The van der Waals surface area contributed by atoms with E-state index in [1.54, 1.807) is 14.2 Å². The zero-order valence-electron chi connectivity index (χ0n) is 51.5. The van der Waals surface area contributed by atoms with Crippen LogP contribution < -0.4 is 14.4 Å². The average Bonchev–Trinajstić information content (AvgIpc) is 3.47. The molecule has 0 bridgehead atoms. The van der Waals surface area contributed by atoms with Gasteiger partial charge in [-0.1, -0.05) is 215 Å². The molecular formula is C75H92N2O2. The molecule has 4 heteroatoms. The van der Waals surface area contributed by atoms with E-state index in [9.17, 15) is 0 Å². The van der Waals surface area contributed by atoms with Crippen LogP contribution in [0.15, 0.2) is 194 Å². The SMILES string of the molecule is COc1cc(C)c2ccccc2c1.COc1cc(C)cc2ccccc12.Cc1cc(C)nc(C)c1.Cc1cc(N(C)C)c2ccccc2c1.Cc1ccc(C(C)C)cc1.Cc1ccc(C)cc1.Cc1ccc(CC(C)(C)C)cc1. The molecule has 10 rings (SSSR count). The summed E-state index contributed by atoms with van der Waals surface area (Å²) < 4.78 is 10.5. The predicted molar refractivity (Wildman–Crippen MR) is 347 cm³/mol. The minimum absolute atomic E-state index is 0.398.